The van der Waals surface area contributed by atoms with Gasteiger partial charge in [-0.15, -0.1) is 0 Å². The Hall–Kier alpha value is -3.79. The number of pyridine rings is 2. The van der Waals surface area contributed by atoms with Crippen LogP contribution in [0.5, 0.6) is 5.88 Å². The summed E-state index contributed by atoms with van der Waals surface area (Å²) in [5.74, 6) is 1.18. The Balaban J connectivity index is 1.50. The van der Waals surface area contributed by atoms with E-state index in [-0.39, 0.29) is 5.91 Å². The molecule has 1 aliphatic heterocycles. The molecule has 33 heavy (non-hydrogen) atoms. The molecule has 1 fully saturated rings. The quantitative estimate of drug-likeness (QED) is 0.492. The van der Waals surface area contributed by atoms with Gasteiger partial charge in [-0.05, 0) is 32.9 Å². The molecule has 10 heteroatoms. The van der Waals surface area contributed by atoms with Gasteiger partial charge in [0.25, 0.3) is 11.8 Å². The molecule has 5 heterocycles. The van der Waals surface area contributed by atoms with E-state index in [4.69, 9.17) is 4.74 Å². The third-order valence-electron chi connectivity index (χ3n) is 5.68. The van der Waals surface area contributed by atoms with Gasteiger partial charge in [0, 0.05) is 49.1 Å². The number of carbonyl (C=O) groups is 1. The number of methoxy groups -OCH3 is 1. The highest BCUT2D eigenvalue weighted by Gasteiger charge is 2.25. The lowest BCUT2D eigenvalue weighted by Crippen LogP contribution is -2.54. The van der Waals surface area contributed by atoms with Crippen LogP contribution < -0.4 is 20.3 Å². The highest BCUT2D eigenvalue weighted by Crippen LogP contribution is 2.28. The zero-order chi connectivity index (χ0) is 23.1. The van der Waals surface area contributed by atoms with E-state index in [2.05, 4.69) is 49.3 Å². The first-order chi connectivity index (χ1) is 15.9. The third-order valence-corrected chi connectivity index (χ3v) is 5.68. The van der Waals surface area contributed by atoms with E-state index in [1.165, 1.54) is 7.11 Å². The van der Waals surface area contributed by atoms with Gasteiger partial charge in [-0.2, -0.15) is 4.98 Å². The van der Waals surface area contributed by atoms with Gasteiger partial charge in [-0.1, -0.05) is 0 Å². The number of carbonyl (C=O) groups excluding carboxylic acids is 1. The molecule has 2 N–H and O–H groups in total. The number of imidazole rings is 1. The average Bonchev–Trinajstić information content (AvgIpc) is 3.17. The number of ether oxygens (including phenoxy) is 1. The summed E-state index contributed by atoms with van der Waals surface area (Å²) in [6.07, 6.45) is 6.83. The fourth-order valence-corrected chi connectivity index (χ4v) is 4.45. The molecule has 1 aliphatic rings. The second-order valence-electron chi connectivity index (χ2n) is 8.47. The number of nitrogens with one attached hydrogen (secondary N) is 2. The van der Waals surface area contributed by atoms with Gasteiger partial charge in [0.15, 0.2) is 5.82 Å². The molecule has 0 spiro atoms. The fraction of sp³-hybridized carbons (Fsp3) is 0.348. The number of amides is 1. The third kappa shape index (κ3) is 3.93. The number of aromatic nitrogens is 5. The predicted octanol–water partition coefficient (Wildman–Crippen LogP) is 2.43. The largest absolute Gasteiger partial charge is 0.478 e. The van der Waals surface area contributed by atoms with Crippen LogP contribution in [0.1, 0.15) is 29.9 Å². The summed E-state index contributed by atoms with van der Waals surface area (Å²) in [6, 6.07) is 4.51. The second-order valence-corrected chi connectivity index (χ2v) is 8.47. The number of hydrogen-bond donors (Lipinski definition) is 2. The van der Waals surface area contributed by atoms with Crippen LogP contribution in [0.3, 0.4) is 0 Å². The van der Waals surface area contributed by atoms with E-state index >= 15 is 0 Å². The summed E-state index contributed by atoms with van der Waals surface area (Å²) < 4.78 is 7.14. The van der Waals surface area contributed by atoms with Crippen molar-refractivity contribution < 1.29 is 9.53 Å². The Morgan fingerprint density at radius 1 is 1.18 bits per heavy atom. The molecule has 1 saturated heterocycles. The van der Waals surface area contributed by atoms with Gasteiger partial charge in [0.2, 0.25) is 5.65 Å². The minimum Gasteiger partial charge on any atom is -0.478 e. The standard InChI is InChI=1S/C23H26N8O2/c1-13-9-30(10-14(2)26-13)20-16-6-5-7-24-19(16)17(8-25-20)22(32)28-18-12-31-11-15(3)27-21(31)23(29-18)33-4/h5-8,11-14,26H,9-10H2,1-4H3,(H,28,32)/t13-,14-/m0/s1. The Labute approximate surface area is 191 Å². The van der Waals surface area contributed by atoms with Crippen LogP contribution >= 0.6 is 0 Å². The number of anilines is 2. The van der Waals surface area contributed by atoms with Crippen molar-refractivity contribution in [2.75, 3.05) is 30.4 Å². The maximum atomic E-state index is 13.2. The lowest BCUT2D eigenvalue weighted by Gasteiger charge is -2.37. The van der Waals surface area contributed by atoms with Crippen molar-refractivity contribution in [3.63, 3.8) is 0 Å². The molecule has 170 valence electrons. The van der Waals surface area contributed by atoms with E-state index in [1.807, 2.05) is 25.3 Å². The first-order valence-electron chi connectivity index (χ1n) is 10.9. The number of hydrogen-bond acceptors (Lipinski definition) is 8. The van der Waals surface area contributed by atoms with Gasteiger partial charge in [-0.3, -0.25) is 14.2 Å². The van der Waals surface area contributed by atoms with Crippen LogP contribution in [0.15, 0.2) is 36.9 Å². The van der Waals surface area contributed by atoms with Crippen LogP contribution in [0.2, 0.25) is 0 Å². The topological polar surface area (TPSA) is 110 Å². The van der Waals surface area contributed by atoms with Crippen molar-refractivity contribution in [2.45, 2.75) is 32.9 Å². The molecule has 0 saturated carbocycles. The Kier molecular flexibility index (Phi) is 5.29. The molecule has 0 unspecified atom stereocenters. The van der Waals surface area contributed by atoms with Gasteiger partial charge >= 0.3 is 0 Å². The first-order valence-corrected chi connectivity index (χ1v) is 10.9. The van der Waals surface area contributed by atoms with Gasteiger partial charge < -0.3 is 20.3 Å². The molecule has 1 amide bonds. The molecule has 2 atom stereocenters. The van der Waals surface area contributed by atoms with Crippen LogP contribution in [-0.4, -0.2) is 62.5 Å². The normalized spacial score (nSPS) is 18.6. The second kappa shape index (κ2) is 8.28. The smallest absolute Gasteiger partial charge is 0.260 e. The SMILES string of the molecule is COc1nc(NC(=O)c2cnc(N3C[C@H](C)N[C@@H](C)C3)c3cccnc23)cn2cc(C)nc12. The van der Waals surface area contributed by atoms with E-state index in [0.717, 1.165) is 30.0 Å². The van der Waals surface area contributed by atoms with Crippen LogP contribution in [0, 0.1) is 6.92 Å². The zero-order valence-electron chi connectivity index (χ0n) is 19.0. The number of rotatable bonds is 4. The van der Waals surface area contributed by atoms with Crippen molar-refractivity contribution in [3.05, 3.63) is 48.2 Å². The van der Waals surface area contributed by atoms with Crippen molar-refractivity contribution >= 4 is 34.1 Å². The average molecular weight is 447 g/mol. The fourth-order valence-electron chi connectivity index (χ4n) is 4.45. The maximum Gasteiger partial charge on any atom is 0.260 e. The van der Waals surface area contributed by atoms with Crippen LogP contribution in [-0.2, 0) is 0 Å². The maximum absolute atomic E-state index is 13.2. The Morgan fingerprint density at radius 3 is 2.73 bits per heavy atom. The molecular weight excluding hydrogens is 420 g/mol. The molecule has 0 aromatic carbocycles. The number of piperazine rings is 1. The molecule has 0 radical (unpaired) electrons. The summed E-state index contributed by atoms with van der Waals surface area (Å²) >= 11 is 0. The molecule has 5 rings (SSSR count). The van der Waals surface area contributed by atoms with Crippen LogP contribution in [0.25, 0.3) is 16.6 Å². The monoisotopic (exact) mass is 446 g/mol. The Bertz CT molecular complexity index is 1340. The highest BCUT2D eigenvalue weighted by atomic mass is 16.5. The summed E-state index contributed by atoms with van der Waals surface area (Å²) in [4.78, 5) is 33.5. The molecule has 0 bridgehead atoms. The summed E-state index contributed by atoms with van der Waals surface area (Å²) in [7, 11) is 1.52. The van der Waals surface area contributed by atoms with Crippen LogP contribution in [0.4, 0.5) is 11.6 Å². The predicted molar refractivity (Wildman–Crippen MR) is 126 cm³/mol. The molecular formula is C23H26N8O2. The lowest BCUT2D eigenvalue weighted by atomic mass is 10.1. The Morgan fingerprint density at radius 2 is 1.97 bits per heavy atom. The zero-order valence-corrected chi connectivity index (χ0v) is 19.0. The minimum atomic E-state index is -0.342. The number of aryl methyl sites for hydroxylation is 1. The van der Waals surface area contributed by atoms with Crippen molar-refractivity contribution in [2.24, 2.45) is 0 Å². The molecule has 10 nitrogen and oxygen atoms in total. The van der Waals surface area contributed by atoms with E-state index in [1.54, 1.807) is 23.0 Å². The van der Waals surface area contributed by atoms with Crippen molar-refractivity contribution in [1.82, 2.24) is 29.7 Å². The highest BCUT2D eigenvalue weighted by molar-refractivity contribution is 6.12. The molecule has 0 aliphatic carbocycles. The summed E-state index contributed by atoms with van der Waals surface area (Å²) in [5.41, 5.74) is 2.40. The van der Waals surface area contributed by atoms with E-state index < -0.39 is 0 Å². The first kappa shape index (κ1) is 21.1. The minimum absolute atomic E-state index is 0.333. The molecule has 4 aromatic rings. The van der Waals surface area contributed by atoms with Gasteiger partial charge in [-0.25, -0.2) is 9.97 Å². The van der Waals surface area contributed by atoms with Gasteiger partial charge in [0.05, 0.1) is 30.1 Å². The number of fused-ring (bicyclic) bond motifs is 2. The van der Waals surface area contributed by atoms with E-state index in [9.17, 15) is 4.79 Å². The van der Waals surface area contributed by atoms with Gasteiger partial charge in [0.1, 0.15) is 5.82 Å². The molecule has 4 aromatic heterocycles. The van der Waals surface area contributed by atoms with Crippen molar-refractivity contribution in [3.8, 4) is 5.88 Å². The lowest BCUT2D eigenvalue weighted by molar-refractivity contribution is 0.102. The van der Waals surface area contributed by atoms with E-state index in [0.29, 0.717) is 40.5 Å². The number of nitrogens with zero attached hydrogens (tertiary/aromatic N) is 6. The summed E-state index contributed by atoms with van der Waals surface area (Å²) in [6.45, 7) is 7.87. The summed E-state index contributed by atoms with van der Waals surface area (Å²) in [5, 5.41) is 7.24. The van der Waals surface area contributed by atoms with Crippen molar-refractivity contribution in [1.29, 1.82) is 0 Å².